The third-order valence-corrected chi connectivity index (χ3v) is 3.66. The van der Waals surface area contributed by atoms with E-state index < -0.39 is 6.10 Å². The first kappa shape index (κ1) is 17.8. The van der Waals surface area contributed by atoms with Gasteiger partial charge in [-0.05, 0) is 51.3 Å². The van der Waals surface area contributed by atoms with Crippen LogP contribution in [0.4, 0.5) is 0 Å². The molecule has 2 rings (SSSR count). The molecule has 128 valence electrons. The summed E-state index contributed by atoms with van der Waals surface area (Å²) in [4.78, 5) is 12.0. The molecular formula is C18H27NO4. The van der Waals surface area contributed by atoms with Crippen LogP contribution in [0.5, 0.6) is 5.75 Å². The average molecular weight is 321 g/mol. The Balaban J connectivity index is 1.73. The summed E-state index contributed by atoms with van der Waals surface area (Å²) in [5, 5.41) is 2.99. The number of nitrogens with one attached hydrogen (secondary N) is 1. The van der Waals surface area contributed by atoms with Gasteiger partial charge in [0, 0.05) is 6.04 Å². The van der Waals surface area contributed by atoms with Crippen LogP contribution in [0.2, 0.25) is 0 Å². The van der Waals surface area contributed by atoms with Crippen molar-refractivity contribution in [2.75, 3.05) is 19.8 Å². The first-order chi connectivity index (χ1) is 11.0. The quantitative estimate of drug-likeness (QED) is 0.837. The summed E-state index contributed by atoms with van der Waals surface area (Å²) in [6, 6.07) is 8.23. The number of carbonyl (C=O) groups excluding carboxylic acids is 1. The van der Waals surface area contributed by atoms with E-state index in [0.717, 1.165) is 18.6 Å². The molecule has 1 aromatic carbocycles. The summed E-state index contributed by atoms with van der Waals surface area (Å²) in [6.45, 7) is 7.43. The number of hydrogen-bond acceptors (Lipinski definition) is 4. The molecule has 2 atom stereocenters. The Bertz CT molecular complexity index is 480. The van der Waals surface area contributed by atoms with Gasteiger partial charge in [-0.3, -0.25) is 4.79 Å². The SMILES string of the molecule is CC(CCc1ccc(OC(C)C)cc1)NC(=O)C1COCCO1. The van der Waals surface area contributed by atoms with Gasteiger partial charge in [-0.15, -0.1) is 0 Å². The van der Waals surface area contributed by atoms with Crippen LogP contribution in [0.3, 0.4) is 0 Å². The number of benzene rings is 1. The van der Waals surface area contributed by atoms with Gasteiger partial charge in [-0.25, -0.2) is 0 Å². The smallest absolute Gasteiger partial charge is 0.251 e. The monoisotopic (exact) mass is 321 g/mol. The van der Waals surface area contributed by atoms with E-state index in [9.17, 15) is 4.79 Å². The van der Waals surface area contributed by atoms with E-state index in [1.807, 2.05) is 32.9 Å². The molecule has 1 fully saturated rings. The van der Waals surface area contributed by atoms with Crippen molar-refractivity contribution in [2.45, 2.75) is 51.9 Å². The second-order valence-electron chi connectivity index (χ2n) is 6.19. The molecule has 5 nitrogen and oxygen atoms in total. The minimum atomic E-state index is -0.473. The Labute approximate surface area is 138 Å². The maximum atomic E-state index is 12.0. The molecule has 1 aliphatic rings. The Morgan fingerprint density at radius 2 is 2.00 bits per heavy atom. The van der Waals surface area contributed by atoms with Crippen molar-refractivity contribution in [3.63, 3.8) is 0 Å². The van der Waals surface area contributed by atoms with E-state index >= 15 is 0 Å². The molecule has 5 heteroatoms. The van der Waals surface area contributed by atoms with E-state index in [1.54, 1.807) is 0 Å². The minimum absolute atomic E-state index is 0.0853. The predicted octanol–water partition coefficient (Wildman–Crippen LogP) is 2.33. The van der Waals surface area contributed by atoms with Crippen molar-refractivity contribution >= 4 is 5.91 Å². The lowest BCUT2D eigenvalue weighted by Gasteiger charge is -2.24. The molecule has 0 spiro atoms. The first-order valence-corrected chi connectivity index (χ1v) is 8.30. The fourth-order valence-electron chi connectivity index (χ4n) is 2.44. The van der Waals surface area contributed by atoms with Gasteiger partial charge in [-0.1, -0.05) is 12.1 Å². The Hall–Kier alpha value is -1.59. The number of hydrogen-bond donors (Lipinski definition) is 1. The average Bonchev–Trinajstić information content (AvgIpc) is 2.54. The van der Waals surface area contributed by atoms with Crippen molar-refractivity contribution < 1.29 is 19.0 Å². The summed E-state index contributed by atoms with van der Waals surface area (Å²) < 4.78 is 16.3. The number of rotatable bonds is 7. The van der Waals surface area contributed by atoms with E-state index in [4.69, 9.17) is 14.2 Å². The van der Waals surface area contributed by atoms with Crippen LogP contribution in [-0.4, -0.2) is 44.0 Å². The van der Waals surface area contributed by atoms with Crippen molar-refractivity contribution in [1.29, 1.82) is 0 Å². The van der Waals surface area contributed by atoms with Gasteiger partial charge < -0.3 is 19.5 Å². The first-order valence-electron chi connectivity index (χ1n) is 8.30. The van der Waals surface area contributed by atoms with Crippen molar-refractivity contribution in [2.24, 2.45) is 0 Å². The highest BCUT2D eigenvalue weighted by Crippen LogP contribution is 2.15. The maximum Gasteiger partial charge on any atom is 0.251 e. The molecule has 0 saturated carbocycles. The van der Waals surface area contributed by atoms with Crippen LogP contribution in [0.15, 0.2) is 24.3 Å². The highest BCUT2D eigenvalue weighted by atomic mass is 16.6. The zero-order valence-corrected chi connectivity index (χ0v) is 14.2. The second kappa shape index (κ2) is 8.89. The van der Waals surface area contributed by atoms with Crippen molar-refractivity contribution in [3.8, 4) is 5.75 Å². The van der Waals surface area contributed by atoms with Gasteiger partial charge >= 0.3 is 0 Å². The van der Waals surface area contributed by atoms with Gasteiger partial charge in [0.15, 0.2) is 6.10 Å². The predicted molar refractivity (Wildman–Crippen MR) is 88.7 cm³/mol. The van der Waals surface area contributed by atoms with Gasteiger partial charge in [0.2, 0.25) is 0 Å². The third kappa shape index (κ3) is 6.20. The van der Waals surface area contributed by atoms with E-state index in [0.29, 0.717) is 19.8 Å². The summed E-state index contributed by atoms with van der Waals surface area (Å²) in [7, 11) is 0. The molecule has 0 aromatic heterocycles. The lowest BCUT2D eigenvalue weighted by Crippen LogP contribution is -2.45. The lowest BCUT2D eigenvalue weighted by atomic mass is 10.1. The van der Waals surface area contributed by atoms with Crippen LogP contribution in [0.1, 0.15) is 32.8 Å². The normalized spacial score (nSPS) is 19.4. The van der Waals surface area contributed by atoms with E-state index in [2.05, 4.69) is 17.4 Å². The Kier molecular flexibility index (Phi) is 6.86. The standard InChI is InChI=1S/C18H27NO4/c1-13(2)23-16-8-6-15(7-9-16)5-4-14(3)19-18(20)17-12-21-10-11-22-17/h6-9,13-14,17H,4-5,10-12H2,1-3H3,(H,19,20). The molecule has 0 aliphatic carbocycles. The number of carbonyl (C=O) groups is 1. The molecule has 1 aromatic rings. The van der Waals surface area contributed by atoms with Crippen molar-refractivity contribution in [1.82, 2.24) is 5.32 Å². The zero-order valence-electron chi connectivity index (χ0n) is 14.2. The fraction of sp³-hybridized carbons (Fsp3) is 0.611. The van der Waals surface area contributed by atoms with Gasteiger partial charge in [0.25, 0.3) is 5.91 Å². The number of ether oxygens (including phenoxy) is 3. The maximum absolute atomic E-state index is 12.0. The van der Waals surface area contributed by atoms with Gasteiger partial charge in [0.1, 0.15) is 5.75 Å². The molecule has 1 N–H and O–H groups in total. The summed E-state index contributed by atoms with van der Waals surface area (Å²) in [5.41, 5.74) is 1.24. The van der Waals surface area contributed by atoms with Crippen LogP contribution in [0.25, 0.3) is 0 Å². The van der Waals surface area contributed by atoms with Crippen LogP contribution in [-0.2, 0) is 20.7 Å². The summed E-state index contributed by atoms with van der Waals surface area (Å²) >= 11 is 0. The topological polar surface area (TPSA) is 56.8 Å². The second-order valence-corrected chi connectivity index (χ2v) is 6.19. The molecule has 0 bridgehead atoms. The van der Waals surface area contributed by atoms with Crippen LogP contribution < -0.4 is 10.1 Å². The molecule has 1 amide bonds. The Morgan fingerprint density at radius 3 is 2.61 bits per heavy atom. The fourth-order valence-corrected chi connectivity index (χ4v) is 2.44. The zero-order chi connectivity index (χ0) is 16.7. The molecular weight excluding hydrogens is 294 g/mol. The summed E-state index contributed by atoms with van der Waals surface area (Å²) in [6.07, 6.45) is 1.50. The third-order valence-electron chi connectivity index (χ3n) is 3.66. The van der Waals surface area contributed by atoms with Gasteiger partial charge in [-0.2, -0.15) is 0 Å². The molecule has 0 radical (unpaired) electrons. The van der Waals surface area contributed by atoms with Crippen molar-refractivity contribution in [3.05, 3.63) is 29.8 Å². The van der Waals surface area contributed by atoms with Crippen LogP contribution in [0, 0.1) is 0 Å². The molecule has 1 aliphatic heterocycles. The highest BCUT2D eigenvalue weighted by molar-refractivity contribution is 5.81. The largest absolute Gasteiger partial charge is 0.491 e. The highest BCUT2D eigenvalue weighted by Gasteiger charge is 2.23. The molecule has 1 saturated heterocycles. The van der Waals surface area contributed by atoms with E-state index in [-0.39, 0.29) is 18.1 Å². The minimum Gasteiger partial charge on any atom is -0.491 e. The van der Waals surface area contributed by atoms with Crippen LogP contribution >= 0.6 is 0 Å². The summed E-state index contributed by atoms with van der Waals surface area (Å²) in [5.74, 6) is 0.803. The van der Waals surface area contributed by atoms with E-state index in [1.165, 1.54) is 5.56 Å². The number of aryl methyl sites for hydroxylation is 1. The number of amides is 1. The molecule has 2 unspecified atom stereocenters. The van der Waals surface area contributed by atoms with Gasteiger partial charge in [0.05, 0.1) is 25.9 Å². The molecule has 1 heterocycles. The molecule has 23 heavy (non-hydrogen) atoms. The lowest BCUT2D eigenvalue weighted by molar-refractivity contribution is -0.148. The Morgan fingerprint density at radius 1 is 1.26 bits per heavy atom.